The van der Waals surface area contributed by atoms with E-state index in [2.05, 4.69) is 0 Å². The highest BCUT2D eigenvalue weighted by molar-refractivity contribution is 5.84. The molecule has 116 valence electrons. The lowest BCUT2D eigenvalue weighted by atomic mass is 9.95. The van der Waals surface area contributed by atoms with Crippen molar-refractivity contribution in [2.75, 3.05) is 13.1 Å². The van der Waals surface area contributed by atoms with Gasteiger partial charge in [0.25, 0.3) is 0 Å². The molecule has 1 aliphatic heterocycles. The second kappa shape index (κ2) is 6.34. The van der Waals surface area contributed by atoms with Crippen molar-refractivity contribution in [2.45, 2.75) is 31.6 Å². The average molecular weight is 301 g/mol. The van der Waals surface area contributed by atoms with Gasteiger partial charge in [0, 0.05) is 19.0 Å². The summed E-state index contributed by atoms with van der Waals surface area (Å²) in [7, 11) is 0. The number of furan rings is 1. The SMILES string of the molecule is CCC(C(=O)N1CCC(c2ccco2)C1)c1ccc(F)cc1. The summed E-state index contributed by atoms with van der Waals surface area (Å²) in [5.41, 5.74) is 0.885. The smallest absolute Gasteiger partial charge is 0.230 e. The van der Waals surface area contributed by atoms with Gasteiger partial charge in [-0.3, -0.25) is 4.79 Å². The largest absolute Gasteiger partial charge is 0.469 e. The van der Waals surface area contributed by atoms with E-state index in [0.29, 0.717) is 13.0 Å². The lowest BCUT2D eigenvalue weighted by Crippen LogP contribution is -2.33. The van der Waals surface area contributed by atoms with Gasteiger partial charge >= 0.3 is 0 Å². The molecule has 0 spiro atoms. The lowest BCUT2D eigenvalue weighted by molar-refractivity contribution is -0.131. The van der Waals surface area contributed by atoms with Crippen LogP contribution in [0.2, 0.25) is 0 Å². The minimum Gasteiger partial charge on any atom is -0.469 e. The zero-order chi connectivity index (χ0) is 15.5. The maximum absolute atomic E-state index is 13.1. The first-order valence-electron chi connectivity index (χ1n) is 7.76. The van der Waals surface area contributed by atoms with Crippen LogP contribution in [-0.2, 0) is 4.79 Å². The minimum atomic E-state index is -0.273. The molecular weight excluding hydrogens is 281 g/mol. The van der Waals surface area contributed by atoms with E-state index in [9.17, 15) is 9.18 Å². The molecule has 2 aromatic rings. The Labute approximate surface area is 129 Å². The van der Waals surface area contributed by atoms with Crippen molar-refractivity contribution in [3.8, 4) is 0 Å². The van der Waals surface area contributed by atoms with E-state index in [0.717, 1.165) is 24.3 Å². The number of halogens is 1. The summed E-state index contributed by atoms with van der Waals surface area (Å²) in [4.78, 5) is 14.7. The van der Waals surface area contributed by atoms with Gasteiger partial charge in [0.15, 0.2) is 0 Å². The van der Waals surface area contributed by atoms with Crippen molar-refractivity contribution in [3.63, 3.8) is 0 Å². The molecule has 1 aromatic heterocycles. The maximum Gasteiger partial charge on any atom is 0.230 e. The van der Waals surface area contributed by atoms with Crippen LogP contribution in [0.5, 0.6) is 0 Å². The molecule has 2 atom stereocenters. The second-order valence-corrected chi connectivity index (χ2v) is 5.80. The molecule has 0 bridgehead atoms. The normalized spacial score (nSPS) is 19.4. The number of rotatable bonds is 4. The number of benzene rings is 1. The molecule has 3 rings (SSSR count). The molecule has 0 saturated carbocycles. The van der Waals surface area contributed by atoms with Crippen molar-refractivity contribution >= 4 is 5.91 Å². The quantitative estimate of drug-likeness (QED) is 0.857. The molecule has 2 unspecified atom stereocenters. The van der Waals surface area contributed by atoms with Crippen LogP contribution in [0.15, 0.2) is 47.1 Å². The third-order valence-electron chi connectivity index (χ3n) is 4.42. The minimum absolute atomic E-state index is 0.128. The molecule has 1 aromatic carbocycles. The summed E-state index contributed by atoms with van der Waals surface area (Å²) in [5.74, 6) is 0.888. The van der Waals surface area contributed by atoms with E-state index in [1.807, 2.05) is 24.0 Å². The molecule has 3 nitrogen and oxygen atoms in total. The molecule has 1 saturated heterocycles. The first-order chi connectivity index (χ1) is 10.7. The average Bonchev–Trinajstić information content (AvgIpc) is 3.20. The Bertz CT molecular complexity index is 621. The van der Waals surface area contributed by atoms with Crippen LogP contribution >= 0.6 is 0 Å². The van der Waals surface area contributed by atoms with Gasteiger partial charge in [0.2, 0.25) is 5.91 Å². The molecule has 0 aliphatic carbocycles. The predicted octanol–water partition coefficient (Wildman–Crippen LogP) is 3.93. The van der Waals surface area contributed by atoms with Crippen LogP contribution in [0.3, 0.4) is 0 Å². The van der Waals surface area contributed by atoms with Gasteiger partial charge in [0.05, 0.1) is 12.2 Å². The number of carbonyl (C=O) groups is 1. The van der Waals surface area contributed by atoms with Crippen molar-refractivity contribution in [3.05, 3.63) is 59.8 Å². The molecular formula is C18H20FNO2. The van der Waals surface area contributed by atoms with Crippen LogP contribution in [-0.4, -0.2) is 23.9 Å². The van der Waals surface area contributed by atoms with Crippen LogP contribution < -0.4 is 0 Å². The van der Waals surface area contributed by atoms with Crippen LogP contribution in [0.4, 0.5) is 4.39 Å². The molecule has 2 heterocycles. The Morgan fingerprint density at radius 2 is 2.14 bits per heavy atom. The maximum atomic E-state index is 13.1. The fraction of sp³-hybridized carbons (Fsp3) is 0.389. The number of amides is 1. The van der Waals surface area contributed by atoms with Gasteiger partial charge in [-0.2, -0.15) is 0 Å². The van der Waals surface area contributed by atoms with Crippen LogP contribution in [0.25, 0.3) is 0 Å². The fourth-order valence-electron chi connectivity index (χ4n) is 3.18. The zero-order valence-electron chi connectivity index (χ0n) is 12.7. The van der Waals surface area contributed by atoms with Crippen LogP contribution in [0, 0.1) is 5.82 Å². The standard InChI is InChI=1S/C18H20FNO2/c1-2-16(13-5-7-15(19)8-6-13)18(21)20-10-9-14(12-20)17-4-3-11-22-17/h3-8,11,14,16H,2,9-10,12H2,1H3. The van der Waals surface area contributed by atoms with Crippen molar-refractivity contribution < 1.29 is 13.6 Å². The van der Waals surface area contributed by atoms with E-state index in [1.54, 1.807) is 18.4 Å². The van der Waals surface area contributed by atoms with Crippen molar-refractivity contribution in [2.24, 2.45) is 0 Å². The highest BCUT2D eigenvalue weighted by atomic mass is 19.1. The summed E-state index contributed by atoms with van der Waals surface area (Å²) in [6.45, 7) is 3.44. The molecule has 22 heavy (non-hydrogen) atoms. The van der Waals surface area contributed by atoms with Gasteiger partial charge in [-0.15, -0.1) is 0 Å². The molecule has 0 N–H and O–H groups in total. The van der Waals surface area contributed by atoms with E-state index in [-0.39, 0.29) is 23.6 Å². The number of carbonyl (C=O) groups excluding carboxylic acids is 1. The van der Waals surface area contributed by atoms with Gasteiger partial charge in [0.1, 0.15) is 11.6 Å². The molecule has 1 fully saturated rings. The summed E-state index contributed by atoms with van der Waals surface area (Å²) in [6.07, 6.45) is 3.32. The second-order valence-electron chi connectivity index (χ2n) is 5.80. The summed E-state index contributed by atoms with van der Waals surface area (Å²) < 4.78 is 18.5. The molecule has 0 radical (unpaired) electrons. The van der Waals surface area contributed by atoms with Crippen molar-refractivity contribution in [1.29, 1.82) is 0 Å². The highest BCUT2D eigenvalue weighted by Gasteiger charge is 2.32. The van der Waals surface area contributed by atoms with E-state index >= 15 is 0 Å². The highest BCUT2D eigenvalue weighted by Crippen LogP contribution is 2.31. The summed E-state index contributed by atoms with van der Waals surface area (Å²) in [5, 5.41) is 0. The third-order valence-corrected chi connectivity index (χ3v) is 4.42. The molecule has 1 aliphatic rings. The van der Waals surface area contributed by atoms with Gasteiger partial charge in [-0.05, 0) is 42.7 Å². The van der Waals surface area contributed by atoms with Crippen molar-refractivity contribution in [1.82, 2.24) is 4.90 Å². The fourth-order valence-corrected chi connectivity index (χ4v) is 3.18. The van der Waals surface area contributed by atoms with E-state index < -0.39 is 0 Å². The predicted molar refractivity (Wildman–Crippen MR) is 82.1 cm³/mol. The lowest BCUT2D eigenvalue weighted by Gasteiger charge is -2.23. The first-order valence-corrected chi connectivity index (χ1v) is 7.76. The number of nitrogens with zero attached hydrogens (tertiary/aromatic N) is 1. The van der Waals surface area contributed by atoms with Gasteiger partial charge in [-0.1, -0.05) is 19.1 Å². The van der Waals surface area contributed by atoms with Gasteiger partial charge in [-0.25, -0.2) is 4.39 Å². The Balaban J connectivity index is 1.71. The molecule has 1 amide bonds. The topological polar surface area (TPSA) is 33.5 Å². The zero-order valence-corrected chi connectivity index (χ0v) is 12.7. The Morgan fingerprint density at radius 3 is 2.77 bits per heavy atom. The van der Waals surface area contributed by atoms with Crippen LogP contribution in [0.1, 0.15) is 42.9 Å². The first kappa shape index (κ1) is 14.8. The Morgan fingerprint density at radius 1 is 1.36 bits per heavy atom. The monoisotopic (exact) mass is 301 g/mol. The Kier molecular flexibility index (Phi) is 4.27. The summed E-state index contributed by atoms with van der Waals surface area (Å²) >= 11 is 0. The van der Waals surface area contributed by atoms with E-state index in [4.69, 9.17) is 4.42 Å². The number of likely N-dealkylation sites (tertiary alicyclic amines) is 1. The molecule has 4 heteroatoms. The third kappa shape index (κ3) is 2.91. The van der Waals surface area contributed by atoms with E-state index in [1.165, 1.54) is 12.1 Å². The Hall–Kier alpha value is -2.10. The number of hydrogen-bond acceptors (Lipinski definition) is 2. The number of hydrogen-bond donors (Lipinski definition) is 0. The van der Waals surface area contributed by atoms with Gasteiger partial charge < -0.3 is 9.32 Å². The summed E-state index contributed by atoms with van der Waals surface area (Å²) in [6, 6.07) is 10.1.